The van der Waals surface area contributed by atoms with Gasteiger partial charge in [-0.15, -0.1) is 0 Å². The molecule has 0 saturated carbocycles. The Morgan fingerprint density at radius 3 is 2.34 bits per heavy atom. The van der Waals surface area contributed by atoms with E-state index in [1.807, 2.05) is 13.0 Å². The number of nitrogens with zero attached hydrogens (tertiary/aromatic N) is 1. The molecule has 0 bridgehead atoms. The van der Waals surface area contributed by atoms with E-state index in [1.54, 1.807) is 67.8 Å². The van der Waals surface area contributed by atoms with Gasteiger partial charge in [0.25, 0.3) is 11.8 Å². The first kappa shape index (κ1) is 25.1. The quantitative estimate of drug-likeness (QED) is 0.314. The van der Waals surface area contributed by atoms with Crippen molar-refractivity contribution in [2.75, 3.05) is 38.1 Å². The van der Waals surface area contributed by atoms with Crippen molar-refractivity contribution in [3.63, 3.8) is 0 Å². The smallest absolute Gasteiger partial charge is 0.265 e. The van der Waals surface area contributed by atoms with Gasteiger partial charge in [0.1, 0.15) is 5.75 Å². The van der Waals surface area contributed by atoms with Crippen LogP contribution in [0.2, 0.25) is 0 Å². The summed E-state index contributed by atoms with van der Waals surface area (Å²) in [6.45, 7) is 2.14. The molecule has 0 aliphatic rings. The molecule has 35 heavy (non-hydrogen) atoms. The van der Waals surface area contributed by atoms with Gasteiger partial charge in [0.2, 0.25) is 0 Å². The number of oxime groups is 1. The molecule has 3 aromatic rings. The zero-order valence-electron chi connectivity index (χ0n) is 19.7. The van der Waals surface area contributed by atoms with Gasteiger partial charge in [-0.3, -0.25) is 9.59 Å². The van der Waals surface area contributed by atoms with Crippen molar-refractivity contribution in [2.24, 2.45) is 5.16 Å². The van der Waals surface area contributed by atoms with E-state index in [1.165, 1.54) is 13.3 Å². The summed E-state index contributed by atoms with van der Waals surface area (Å²) in [5, 5.41) is 9.31. The summed E-state index contributed by atoms with van der Waals surface area (Å²) in [7, 11) is 3.09. The highest BCUT2D eigenvalue weighted by Gasteiger charge is 2.10. The fourth-order valence-electron chi connectivity index (χ4n) is 3.08. The topological polar surface area (TPSA) is 107 Å². The number of para-hydroxylation sites is 2. The Labute approximate surface area is 203 Å². The van der Waals surface area contributed by atoms with E-state index >= 15 is 0 Å². The number of hydrogen-bond acceptors (Lipinski definition) is 7. The Hall–Kier alpha value is -4.53. The van der Waals surface area contributed by atoms with Crippen LogP contribution in [0, 0.1) is 0 Å². The Bertz CT molecular complexity index is 1180. The molecule has 0 fully saturated rings. The maximum atomic E-state index is 12.5. The van der Waals surface area contributed by atoms with Crippen molar-refractivity contribution in [2.45, 2.75) is 6.92 Å². The van der Waals surface area contributed by atoms with Crippen molar-refractivity contribution in [3.8, 4) is 17.2 Å². The molecule has 0 atom stereocenters. The monoisotopic (exact) mass is 477 g/mol. The van der Waals surface area contributed by atoms with Gasteiger partial charge in [0, 0.05) is 16.8 Å². The highest BCUT2D eigenvalue weighted by Crippen LogP contribution is 2.27. The molecular formula is C26H27N3O6. The lowest BCUT2D eigenvalue weighted by atomic mass is 10.2. The maximum absolute atomic E-state index is 12.5. The van der Waals surface area contributed by atoms with Gasteiger partial charge in [-0.25, -0.2) is 0 Å². The number of benzene rings is 3. The van der Waals surface area contributed by atoms with Gasteiger partial charge in [0.05, 0.1) is 32.7 Å². The van der Waals surface area contributed by atoms with Crippen molar-refractivity contribution in [1.82, 2.24) is 0 Å². The molecule has 3 aromatic carbocycles. The lowest BCUT2D eigenvalue weighted by Crippen LogP contribution is -2.17. The molecule has 2 N–H and O–H groups in total. The first-order valence-electron chi connectivity index (χ1n) is 10.8. The highest BCUT2D eigenvalue weighted by molar-refractivity contribution is 6.05. The fraction of sp³-hybridized carbons (Fsp3) is 0.192. The number of ether oxygens (including phenoxy) is 3. The summed E-state index contributed by atoms with van der Waals surface area (Å²) in [6, 6.07) is 18.9. The molecule has 0 aliphatic heterocycles. The largest absolute Gasteiger partial charge is 0.495 e. The normalized spacial score (nSPS) is 10.5. The minimum absolute atomic E-state index is 0.277. The molecule has 9 heteroatoms. The van der Waals surface area contributed by atoms with Crippen LogP contribution in [0.15, 0.2) is 71.9 Å². The second-order valence-corrected chi connectivity index (χ2v) is 7.13. The molecule has 0 spiro atoms. The third-order valence-electron chi connectivity index (χ3n) is 4.75. The van der Waals surface area contributed by atoms with E-state index in [2.05, 4.69) is 15.8 Å². The van der Waals surface area contributed by atoms with E-state index in [-0.39, 0.29) is 12.5 Å². The summed E-state index contributed by atoms with van der Waals surface area (Å²) in [4.78, 5) is 29.7. The van der Waals surface area contributed by atoms with E-state index < -0.39 is 5.91 Å². The van der Waals surface area contributed by atoms with E-state index in [9.17, 15) is 9.59 Å². The van der Waals surface area contributed by atoms with Crippen LogP contribution in [0.3, 0.4) is 0 Å². The SMILES string of the molecule is CCOc1ccc(/C=N/OCC(=O)Nc2ccc(C(=O)Nc3ccccc3OC)cc2)cc1OC. The second-order valence-electron chi connectivity index (χ2n) is 7.13. The fourth-order valence-corrected chi connectivity index (χ4v) is 3.08. The molecule has 0 radical (unpaired) electrons. The van der Waals surface area contributed by atoms with E-state index in [0.717, 1.165) is 5.56 Å². The second kappa shape index (κ2) is 12.6. The lowest BCUT2D eigenvalue weighted by Gasteiger charge is -2.10. The van der Waals surface area contributed by atoms with Crippen LogP contribution < -0.4 is 24.8 Å². The predicted molar refractivity (Wildman–Crippen MR) is 134 cm³/mol. The number of anilines is 2. The molecule has 0 aromatic heterocycles. The molecule has 0 unspecified atom stereocenters. The van der Waals surface area contributed by atoms with Gasteiger partial charge in [-0.05, 0) is 61.5 Å². The van der Waals surface area contributed by atoms with Crippen LogP contribution >= 0.6 is 0 Å². The van der Waals surface area contributed by atoms with Crippen molar-refractivity contribution >= 4 is 29.4 Å². The van der Waals surface area contributed by atoms with Crippen molar-refractivity contribution < 1.29 is 28.6 Å². The van der Waals surface area contributed by atoms with Crippen LogP contribution in [0.25, 0.3) is 0 Å². The van der Waals surface area contributed by atoms with Gasteiger partial charge in [0.15, 0.2) is 18.1 Å². The van der Waals surface area contributed by atoms with Crippen LogP contribution in [0.4, 0.5) is 11.4 Å². The highest BCUT2D eigenvalue weighted by atomic mass is 16.6. The Kier molecular flexibility index (Phi) is 9.07. The van der Waals surface area contributed by atoms with E-state index in [4.69, 9.17) is 19.0 Å². The molecule has 0 saturated heterocycles. The van der Waals surface area contributed by atoms with Gasteiger partial charge >= 0.3 is 0 Å². The third-order valence-corrected chi connectivity index (χ3v) is 4.75. The molecule has 2 amide bonds. The summed E-state index contributed by atoms with van der Waals surface area (Å²) >= 11 is 0. The molecule has 0 aliphatic carbocycles. The van der Waals surface area contributed by atoms with Crippen molar-refractivity contribution in [3.05, 3.63) is 77.9 Å². The minimum atomic E-state index is -0.391. The molecule has 182 valence electrons. The lowest BCUT2D eigenvalue weighted by molar-refractivity contribution is -0.120. The summed E-state index contributed by atoms with van der Waals surface area (Å²) in [5.74, 6) is 1.09. The van der Waals surface area contributed by atoms with Crippen LogP contribution in [0.1, 0.15) is 22.8 Å². The summed E-state index contributed by atoms with van der Waals surface area (Å²) < 4.78 is 16.0. The Balaban J connectivity index is 1.48. The van der Waals surface area contributed by atoms with Crippen LogP contribution in [-0.4, -0.2) is 45.5 Å². The van der Waals surface area contributed by atoms with Gasteiger partial charge in [-0.1, -0.05) is 17.3 Å². The number of carbonyl (C=O) groups excluding carboxylic acids is 2. The van der Waals surface area contributed by atoms with Crippen LogP contribution in [0.5, 0.6) is 17.2 Å². The summed E-state index contributed by atoms with van der Waals surface area (Å²) in [6.07, 6.45) is 1.47. The number of amides is 2. The average Bonchev–Trinajstić information content (AvgIpc) is 2.88. The van der Waals surface area contributed by atoms with Crippen LogP contribution in [-0.2, 0) is 9.63 Å². The molecule has 3 rings (SSSR count). The number of methoxy groups -OCH3 is 2. The molecule has 0 heterocycles. The standard InChI is InChI=1S/C26H27N3O6/c1-4-34-23-14-9-18(15-24(23)33-3)16-27-35-17-25(30)28-20-12-10-19(11-13-20)26(31)29-21-7-5-6-8-22(21)32-2/h5-16H,4,17H2,1-3H3,(H,28,30)(H,29,31)/b27-16+. The number of carbonyl (C=O) groups is 2. The van der Waals surface area contributed by atoms with E-state index in [0.29, 0.717) is 40.8 Å². The maximum Gasteiger partial charge on any atom is 0.265 e. The summed E-state index contributed by atoms with van der Waals surface area (Å²) in [5.41, 5.74) is 2.25. The number of hydrogen-bond donors (Lipinski definition) is 2. The zero-order valence-corrected chi connectivity index (χ0v) is 19.7. The molecular weight excluding hydrogens is 450 g/mol. The number of rotatable bonds is 11. The Morgan fingerprint density at radius 1 is 0.886 bits per heavy atom. The predicted octanol–water partition coefficient (Wildman–Crippen LogP) is 4.34. The third kappa shape index (κ3) is 7.23. The molecule has 9 nitrogen and oxygen atoms in total. The zero-order chi connectivity index (χ0) is 25.0. The minimum Gasteiger partial charge on any atom is -0.495 e. The van der Waals surface area contributed by atoms with Gasteiger partial charge < -0.3 is 29.7 Å². The number of nitrogens with one attached hydrogen (secondary N) is 2. The Morgan fingerprint density at radius 2 is 1.63 bits per heavy atom. The van der Waals surface area contributed by atoms with Gasteiger partial charge in [-0.2, -0.15) is 0 Å². The van der Waals surface area contributed by atoms with Crippen molar-refractivity contribution in [1.29, 1.82) is 0 Å². The first-order valence-corrected chi connectivity index (χ1v) is 10.8. The first-order chi connectivity index (χ1) is 17.0. The average molecular weight is 478 g/mol.